The monoisotopic (exact) mass is 495 g/mol. The minimum Gasteiger partial charge on any atom is -0.379 e. The zero-order valence-electron chi connectivity index (χ0n) is 21.8. The van der Waals surface area contributed by atoms with E-state index in [0.29, 0.717) is 56.2 Å². The predicted octanol–water partition coefficient (Wildman–Crippen LogP) is 2.55. The molecule has 36 heavy (non-hydrogen) atoms. The van der Waals surface area contributed by atoms with Gasteiger partial charge in [0.05, 0.1) is 42.2 Å². The van der Waals surface area contributed by atoms with Gasteiger partial charge in [-0.15, -0.1) is 0 Å². The molecule has 2 aliphatic heterocycles. The number of anilines is 3. The number of aryl methyl sites for hydroxylation is 1. The first-order valence-corrected chi connectivity index (χ1v) is 12.7. The van der Waals surface area contributed by atoms with Crippen molar-refractivity contribution in [3.8, 4) is 6.07 Å². The number of carbonyl (C=O) groups excluding carboxylic acids is 1. The van der Waals surface area contributed by atoms with Crippen molar-refractivity contribution in [1.29, 1.82) is 5.26 Å². The van der Waals surface area contributed by atoms with Gasteiger partial charge in [-0.2, -0.15) is 15.3 Å². The molecule has 2 saturated heterocycles. The fraction of sp³-hybridized carbons (Fsp3) is 0.640. The first-order chi connectivity index (χ1) is 17.3. The average Bonchev–Trinajstić information content (AvgIpc) is 3.16. The summed E-state index contributed by atoms with van der Waals surface area (Å²) >= 11 is 0. The van der Waals surface area contributed by atoms with E-state index >= 15 is 0 Å². The highest BCUT2D eigenvalue weighted by atomic mass is 16.5. The topological polar surface area (TPSA) is 124 Å². The number of piperidine rings is 1. The minimum absolute atomic E-state index is 0.113. The molecule has 0 aromatic carbocycles. The Labute approximate surface area is 212 Å². The zero-order valence-corrected chi connectivity index (χ0v) is 21.8. The van der Waals surface area contributed by atoms with Crippen molar-refractivity contribution in [2.75, 3.05) is 63.6 Å². The quantitative estimate of drug-likeness (QED) is 0.532. The summed E-state index contributed by atoms with van der Waals surface area (Å²) in [7, 11) is 2.15. The van der Waals surface area contributed by atoms with Crippen LogP contribution in [-0.4, -0.2) is 88.4 Å². The Morgan fingerprint density at radius 3 is 2.81 bits per heavy atom. The first-order valence-electron chi connectivity index (χ1n) is 12.7. The summed E-state index contributed by atoms with van der Waals surface area (Å²) in [5, 5.41) is 20.7. The zero-order chi connectivity index (χ0) is 25.7. The maximum Gasteiger partial charge on any atom is 0.230 e. The number of hydrogen-bond donors (Lipinski definition) is 2. The van der Waals surface area contributed by atoms with Crippen LogP contribution >= 0.6 is 0 Å². The van der Waals surface area contributed by atoms with E-state index in [1.54, 1.807) is 0 Å². The molecule has 2 fully saturated rings. The number of likely N-dealkylation sites (tertiary alicyclic amines) is 1. The van der Waals surface area contributed by atoms with Crippen LogP contribution in [0.2, 0.25) is 0 Å². The third kappa shape index (κ3) is 6.12. The first kappa shape index (κ1) is 25.9. The van der Waals surface area contributed by atoms with E-state index in [9.17, 15) is 10.1 Å². The Balaban J connectivity index is 1.36. The normalized spacial score (nSPS) is 19.1. The van der Waals surface area contributed by atoms with E-state index in [0.717, 1.165) is 43.7 Å². The van der Waals surface area contributed by atoms with Gasteiger partial charge in [0.1, 0.15) is 17.5 Å². The maximum atomic E-state index is 12.7. The van der Waals surface area contributed by atoms with Crippen LogP contribution in [0.5, 0.6) is 0 Å². The van der Waals surface area contributed by atoms with Gasteiger partial charge < -0.3 is 25.2 Å². The summed E-state index contributed by atoms with van der Waals surface area (Å²) in [6.45, 7) is 10.7. The molecule has 4 heterocycles. The van der Waals surface area contributed by atoms with Gasteiger partial charge in [-0.25, -0.2) is 4.98 Å². The van der Waals surface area contributed by atoms with E-state index in [4.69, 9.17) is 9.84 Å². The molecule has 11 heteroatoms. The van der Waals surface area contributed by atoms with Crippen LogP contribution in [-0.2, 0) is 9.53 Å². The van der Waals surface area contributed by atoms with Crippen molar-refractivity contribution in [2.24, 2.45) is 5.41 Å². The number of aromatic nitrogens is 4. The SMILES string of the molecule is Cc1nn(C2CCN(C)CC2)cc1Nc1ncc(C#N)c(NCCCN2CCOCC(C)(C)C2=O)n1. The molecule has 2 aromatic heterocycles. The van der Waals surface area contributed by atoms with Crippen molar-refractivity contribution < 1.29 is 9.53 Å². The molecule has 1 amide bonds. The summed E-state index contributed by atoms with van der Waals surface area (Å²) in [4.78, 5) is 25.8. The van der Waals surface area contributed by atoms with Gasteiger partial charge in [0.15, 0.2) is 0 Å². The third-order valence-electron chi connectivity index (χ3n) is 6.87. The highest BCUT2D eigenvalue weighted by Crippen LogP contribution is 2.26. The van der Waals surface area contributed by atoms with Crippen molar-refractivity contribution in [3.63, 3.8) is 0 Å². The molecule has 194 valence electrons. The lowest BCUT2D eigenvalue weighted by Crippen LogP contribution is -2.42. The van der Waals surface area contributed by atoms with Gasteiger partial charge in [-0.05, 0) is 60.2 Å². The van der Waals surface area contributed by atoms with E-state index in [1.165, 1.54) is 6.20 Å². The molecule has 0 atom stereocenters. The number of amides is 1. The van der Waals surface area contributed by atoms with Crippen molar-refractivity contribution >= 4 is 23.4 Å². The lowest BCUT2D eigenvalue weighted by molar-refractivity contribution is -0.139. The van der Waals surface area contributed by atoms with Crippen LogP contribution in [0.3, 0.4) is 0 Å². The molecule has 0 unspecified atom stereocenters. The Bertz CT molecular complexity index is 1100. The Hall–Kier alpha value is -3.23. The molecule has 4 rings (SSSR count). The standard InChI is InChI=1S/C25H37N9O2/c1-18-21(16-34(31-18)20-6-10-32(4)11-7-20)29-24-28-15-19(14-26)22(30-24)27-8-5-9-33-12-13-36-17-25(2,3)23(33)35/h15-16,20H,5-13,17H2,1-4H3,(H2,27,28,29,30). The smallest absolute Gasteiger partial charge is 0.230 e. The molecule has 0 radical (unpaired) electrons. The number of hydrogen-bond acceptors (Lipinski definition) is 9. The van der Waals surface area contributed by atoms with E-state index < -0.39 is 5.41 Å². The average molecular weight is 496 g/mol. The third-order valence-corrected chi connectivity index (χ3v) is 6.87. The van der Waals surface area contributed by atoms with Crippen LogP contribution in [0.1, 0.15) is 50.4 Å². The Kier molecular flexibility index (Phi) is 8.06. The van der Waals surface area contributed by atoms with E-state index in [-0.39, 0.29) is 5.91 Å². The Morgan fingerprint density at radius 2 is 2.06 bits per heavy atom. The van der Waals surface area contributed by atoms with Gasteiger partial charge in [-0.3, -0.25) is 9.48 Å². The fourth-order valence-electron chi connectivity index (χ4n) is 4.61. The van der Waals surface area contributed by atoms with Crippen molar-refractivity contribution in [1.82, 2.24) is 29.5 Å². The highest BCUT2D eigenvalue weighted by Gasteiger charge is 2.34. The van der Waals surface area contributed by atoms with Gasteiger partial charge in [0, 0.05) is 25.8 Å². The number of nitrogens with zero attached hydrogens (tertiary/aromatic N) is 7. The van der Waals surface area contributed by atoms with Crippen LogP contribution < -0.4 is 10.6 Å². The fourth-order valence-corrected chi connectivity index (χ4v) is 4.61. The second-order valence-corrected chi connectivity index (χ2v) is 10.3. The molecule has 2 aromatic rings. The second-order valence-electron chi connectivity index (χ2n) is 10.3. The lowest BCUT2D eigenvalue weighted by atomic mass is 9.93. The van der Waals surface area contributed by atoms with Gasteiger partial charge in [-0.1, -0.05) is 0 Å². The lowest BCUT2D eigenvalue weighted by Gasteiger charge is -2.28. The molecule has 0 aliphatic carbocycles. The number of ether oxygens (including phenoxy) is 1. The van der Waals surface area contributed by atoms with Gasteiger partial charge in [0.2, 0.25) is 11.9 Å². The molecule has 2 N–H and O–H groups in total. The van der Waals surface area contributed by atoms with E-state index in [2.05, 4.69) is 38.6 Å². The summed E-state index contributed by atoms with van der Waals surface area (Å²) in [6, 6.07) is 2.54. The summed E-state index contributed by atoms with van der Waals surface area (Å²) in [5.74, 6) is 0.993. The maximum absolute atomic E-state index is 12.7. The van der Waals surface area contributed by atoms with Crippen LogP contribution in [0.15, 0.2) is 12.4 Å². The van der Waals surface area contributed by atoms with Crippen LogP contribution in [0.4, 0.5) is 17.5 Å². The minimum atomic E-state index is -0.510. The van der Waals surface area contributed by atoms with Crippen LogP contribution in [0, 0.1) is 23.7 Å². The van der Waals surface area contributed by atoms with Gasteiger partial charge in [0.25, 0.3) is 0 Å². The molecular formula is C25H37N9O2. The number of rotatable bonds is 8. The summed E-state index contributed by atoms with van der Waals surface area (Å²) in [6.07, 6.45) is 6.41. The van der Waals surface area contributed by atoms with E-state index in [1.807, 2.05) is 36.5 Å². The summed E-state index contributed by atoms with van der Waals surface area (Å²) in [5.41, 5.74) is 1.60. The van der Waals surface area contributed by atoms with Crippen LogP contribution in [0.25, 0.3) is 0 Å². The van der Waals surface area contributed by atoms with Crippen molar-refractivity contribution in [3.05, 3.63) is 23.7 Å². The molecule has 0 bridgehead atoms. The number of carbonyl (C=O) groups is 1. The molecular weight excluding hydrogens is 458 g/mol. The summed E-state index contributed by atoms with van der Waals surface area (Å²) < 4.78 is 7.63. The second kappa shape index (κ2) is 11.2. The number of nitrogens with one attached hydrogen (secondary N) is 2. The largest absolute Gasteiger partial charge is 0.379 e. The molecule has 11 nitrogen and oxygen atoms in total. The van der Waals surface area contributed by atoms with Gasteiger partial charge >= 0.3 is 0 Å². The molecule has 0 saturated carbocycles. The highest BCUT2D eigenvalue weighted by molar-refractivity contribution is 5.82. The number of nitriles is 1. The molecule has 0 spiro atoms. The predicted molar refractivity (Wildman–Crippen MR) is 137 cm³/mol. The van der Waals surface area contributed by atoms with Crippen molar-refractivity contribution in [2.45, 2.75) is 46.1 Å². The molecule has 2 aliphatic rings. The Morgan fingerprint density at radius 1 is 1.28 bits per heavy atom.